The molecule has 2 heterocycles. The van der Waals surface area contributed by atoms with Gasteiger partial charge in [-0.1, -0.05) is 20.8 Å². The molecule has 1 unspecified atom stereocenters. The van der Waals surface area contributed by atoms with E-state index in [1.54, 1.807) is 19.9 Å². The number of fused-ring (bicyclic) bond motifs is 10. The quantitative estimate of drug-likeness (QED) is 0.227. The van der Waals surface area contributed by atoms with Crippen molar-refractivity contribution >= 4 is 41.6 Å². The van der Waals surface area contributed by atoms with Crippen molar-refractivity contribution in [1.29, 1.82) is 0 Å². The van der Waals surface area contributed by atoms with Crippen molar-refractivity contribution in [2.45, 2.75) is 130 Å². The Morgan fingerprint density at radius 2 is 1.26 bits per heavy atom. The Labute approximate surface area is 311 Å². The number of hydrogen-bond donors (Lipinski definition) is 2. The van der Waals surface area contributed by atoms with Crippen molar-refractivity contribution in [2.75, 3.05) is 0 Å². The zero-order valence-electron chi connectivity index (χ0n) is 31.9. The van der Waals surface area contributed by atoms with E-state index < -0.39 is 147 Å². The summed E-state index contributed by atoms with van der Waals surface area (Å²) in [6.45, 7) is 13.7. The molecular formula is C38H48O16. The first-order valence-electron chi connectivity index (χ1n) is 18.4. The molecule has 0 radical (unpaired) electrons. The summed E-state index contributed by atoms with van der Waals surface area (Å²) in [5, 5.41) is 24.8. The lowest BCUT2D eigenvalue weighted by Gasteiger charge is -2.67. The summed E-state index contributed by atoms with van der Waals surface area (Å²) < 4.78 is 42.1. The molecule has 6 fully saturated rings. The fraction of sp³-hybridized carbons (Fsp3) is 0.763. The van der Waals surface area contributed by atoms with Gasteiger partial charge in [0, 0.05) is 70.1 Å². The van der Waals surface area contributed by atoms with Crippen molar-refractivity contribution in [3.8, 4) is 0 Å². The van der Waals surface area contributed by atoms with Crippen LogP contribution in [0.4, 0.5) is 0 Å². The van der Waals surface area contributed by atoms with E-state index in [0.29, 0.717) is 0 Å². The van der Waals surface area contributed by atoms with Gasteiger partial charge in [0.2, 0.25) is 5.78 Å². The highest BCUT2D eigenvalue weighted by molar-refractivity contribution is 5.95. The maximum atomic E-state index is 15.1. The average molecular weight is 761 g/mol. The van der Waals surface area contributed by atoms with E-state index in [9.17, 15) is 39.0 Å². The van der Waals surface area contributed by atoms with Crippen molar-refractivity contribution in [1.82, 2.24) is 0 Å². The van der Waals surface area contributed by atoms with E-state index in [0.717, 1.165) is 27.7 Å². The van der Waals surface area contributed by atoms with Crippen LogP contribution in [0.15, 0.2) is 11.8 Å². The number of rotatable bonds is 5. The molecule has 4 saturated carbocycles. The van der Waals surface area contributed by atoms with Gasteiger partial charge >= 0.3 is 35.8 Å². The molecular weight excluding hydrogens is 712 g/mol. The number of allylic oxidation sites excluding steroid dienone is 1. The summed E-state index contributed by atoms with van der Waals surface area (Å²) in [5.41, 5.74) is -9.51. The van der Waals surface area contributed by atoms with Crippen LogP contribution < -0.4 is 0 Å². The SMILES string of the molecule is CC(=O)O[C@H]1[C@@H]2[C@@H]([C@H](C)C=C3OC(=O)[C@@](C)(O)[C@@]32C)[C@]2(C)[C@@H]1C1[C@H]([C@H](OC(C)=O)[C@@H]2OC(C)=O)[C@@]2(C)[C@H](OC(C)=O)[C@@H]3O[C@@H]3C[C@]2(O)C(=O)[C@@H]1OC(C)=O. The third-order valence-electron chi connectivity index (χ3n) is 14.5. The summed E-state index contributed by atoms with van der Waals surface area (Å²) in [6, 6.07) is 0. The highest BCUT2D eigenvalue weighted by Gasteiger charge is 2.86. The van der Waals surface area contributed by atoms with Gasteiger partial charge in [0.1, 0.15) is 41.9 Å². The summed E-state index contributed by atoms with van der Waals surface area (Å²) in [7, 11) is 0. The number of Topliss-reactive ketones (excluding diaryl/α,β-unsaturated/α-hetero) is 1. The molecule has 0 aromatic rings. The van der Waals surface area contributed by atoms with E-state index in [2.05, 4.69) is 0 Å². The van der Waals surface area contributed by atoms with Crippen molar-refractivity contribution < 1.29 is 76.9 Å². The molecule has 18 atom stereocenters. The van der Waals surface area contributed by atoms with E-state index in [-0.39, 0.29) is 12.2 Å². The predicted molar refractivity (Wildman–Crippen MR) is 177 cm³/mol. The third kappa shape index (κ3) is 4.68. The Morgan fingerprint density at radius 3 is 1.81 bits per heavy atom. The Bertz CT molecular complexity index is 1780. The van der Waals surface area contributed by atoms with E-state index in [1.165, 1.54) is 20.8 Å². The van der Waals surface area contributed by atoms with Crippen LogP contribution in [0.5, 0.6) is 0 Å². The number of ether oxygens (including phenoxy) is 7. The average Bonchev–Trinajstić information content (AvgIpc) is 3.70. The zero-order chi connectivity index (χ0) is 40.0. The molecule has 5 aliphatic carbocycles. The molecule has 0 aromatic heterocycles. The third-order valence-corrected chi connectivity index (χ3v) is 14.5. The van der Waals surface area contributed by atoms with Gasteiger partial charge in [0.25, 0.3) is 0 Å². The highest BCUT2D eigenvalue weighted by Crippen LogP contribution is 2.76. The van der Waals surface area contributed by atoms with Crippen LogP contribution in [0.3, 0.4) is 0 Å². The maximum absolute atomic E-state index is 15.1. The fourth-order valence-corrected chi connectivity index (χ4v) is 12.5. The second-order valence-corrected chi connectivity index (χ2v) is 17.2. The molecule has 2 aliphatic heterocycles. The van der Waals surface area contributed by atoms with Crippen LogP contribution >= 0.6 is 0 Å². The zero-order valence-corrected chi connectivity index (χ0v) is 31.9. The number of aliphatic hydroxyl groups is 2. The minimum atomic E-state index is -2.43. The van der Waals surface area contributed by atoms with E-state index in [1.807, 2.05) is 6.92 Å². The van der Waals surface area contributed by atoms with Crippen molar-refractivity contribution in [3.63, 3.8) is 0 Å². The Morgan fingerprint density at radius 1 is 0.722 bits per heavy atom. The second-order valence-electron chi connectivity index (χ2n) is 17.2. The lowest BCUT2D eigenvalue weighted by molar-refractivity contribution is -0.297. The Balaban J connectivity index is 1.59. The molecule has 16 nitrogen and oxygen atoms in total. The van der Waals surface area contributed by atoms with E-state index in [4.69, 9.17) is 33.2 Å². The van der Waals surface area contributed by atoms with Gasteiger partial charge < -0.3 is 43.4 Å². The molecule has 0 bridgehead atoms. The summed E-state index contributed by atoms with van der Waals surface area (Å²) in [6.07, 6.45) is -7.41. The molecule has 0 amide bonds. The Hall–Kier alpha value is -3.89. The predicted octanol–water partition coefficient (Wildman–Crippen LogP) is 1.10. The minimum absolute atomic E-state index is 0.138. The molecule has 2 saturated heterocycles. The standard InChI is InChI=1S/C38H48O16/c1-13-11-20-35(8,37(10,46)33(45)54-20)25-22(13)34(7)23(28(25)49-15(3)40)21-24(29(50-16(4)41)31(34)51-17(5)42)36(9)32(52-18(6)43)26-19(53-26)12-38(36,47)30(44)27(21)48-14(2)39/h11,13,19,21-29,31-32,46-47H,12H2,1-10H3/t13-,19-,21?,22-,23-,24-,25+,26-,27-,28-,29+,31+,32-,34-,35+,36+,37-,38+/m1/s1. The lowest BCUT2D eigenvalue weighted by Crippen LogP contribution is -2.80. The normalized spacial score (nSPS) is 50.6. The first-order chi connectivity index (χ1) is 24.9. The number of carbonyl (C=O) groups excluding carboxylic acids is 7. The summed E-state index contributed by atoms with van der Waals surface area (Å²) >= 11 is 0. The number of ketones is 1. The smallest absolute Gasteiger partial charge is 0.343 e. The fourth-order valence-electron chi connectivity index (χ4n) is 12.5. The van der Waals surface area contributed by atoms with Gasteiger partial charge in [-0.05, 0) is 31.8 Å². The molecule has 54 heavy (non-hydrogen) atoms. The number of epoxide rings is 1. The van der Waals surface area contributed by atoms with Gasteiger partial charge in [-0.2, -0.15) is 0 Å². The van der Waals surface area contributed by atoms with Crippen LogP contribution in [0, 0.1) is 51.8 Å². The van der Waals surface area contributed by atoms with Gasteiger partial charge in [0.05, 0.1) is 16.9 Å². The molecule has 16 heteroatoms. The molecule has 0 aromatic carbocycles. The van der Waals surface area contributed by atoms with Crippen LogP contribution in [-0.2, 0) is 66.7 Å². The molecule has 2 N–H and O–H groups in total. The van der Waals surface area contributed by atoms with Crippen LogP contribution in [0.1, 0.15) is 75.7 Å². The molecule has 7 aliphatic rings. The summed E-state index contributed by atoms with van der Waals surface area (Å²) in [5.74, 6) is -11.8. The van der Waals surface area contributed by atoms with Crippen LogP contribution in [-0.4, -0.2) is 106 Å². The van der Waals surface area contributed by atoms with Gasteiger partial charge in [-0.3, -0.25) is 28.8 Å². The second kappa shape index (κ2) is 11.8. The largest absolute Gasteiger partial charge is 0.462 e. The van der Waals surface area contributed by atoms with Crippen molar-refractivity contribution in [3.05, 3.63) is 11.8 Å². The summed E-state index contributed by atoms with van der Waals surface area (Å²) in [4.78, 5) is 94.0. The van der Waals surface area contributed by atoms with Gasteiger partial charge in [0.15, 0.2) is 11.7 Å². The van der Waals surface area contributed by atoms with Crippen LogP contribution in [0.2, 0.25) is 0 Å². The topological polar surface area (TPSA) is 228 Å². The van der Waals surface area contributed by atoms with E-state index >= 15 is 4.79 Å². The lowest BCUT2D eigenvalue weighted by atomic mass is 9.39. The maximum Gasteiger partial charge on any atom is 0.343 e. The number of esters is 6. The van der Waals surface area contributed by atoms with Crippen LogP contribution in [0.25, 0.3) is 0 Å². The number of hydrogen-bond acceptors (Lipinski definition) is 16. The van der Waals surface area contributed by atoms with Crippen molar-refractivity contribution in [2.24, 2.45) is 51.8 Å². The molecule has 296 valence electrons. The minimum Gasteiger partial charge on any atom is -0.462 e. The first kappa shape index (κ1) is 38.4. The Kier molecular flexibility index (Phi) is 8.39. The molecule has 7 rings (SSSR count). The van der Waals surface area contributed by atoms with Gasteiger partial charge in [-0.15, -0.1) is 0 Å². The highest BCUT2D eigenvalue weighted by atomic mass is 16.6. The first-order valence-corrected chi connectivity index (χ1v) is 18.4. The monoisotopic (exact) mass is 760 g/mol. The van der Waals surface area contributed by atoms with Gasteiger partial charge in [-0.25, -0.2) is 4.79 Å². The number of carbonyl (C=O) groups is 7. The molecule has 0 spiro atoms.